The molecule has 1 unspecified atom stereocenters. The van der Waals surface area contributed by atoms with Gasteiger partial charge in [-0.3, -0.25) is 9.69 Å². The minimum atomic E-state index is -0.481. The Labute approximate surface area is 126 Å². The van der Waals surface area contributed by atoms with E-state index in [-0.39, 0.29) is 18.0 Å². The van der Waals surface area contributed by atoms with Crippen LogP contribution in [0.25, 0.3) is 0 Å². The van der Waals surface area contributed by atoms with Gasteiger partial charge in [-0.2, -0.15) is 0 Å². The molecule has 0 bridgehead atoms. The van der Waals surface area contributed by atoms with Crippen molar-refractivity contribution in [1.82, 2.24) is 15.5 Å². The molecule has 120 valence electrons. The summed E-state index contributed by atoms with van der Waals surface area (Å²) < 4.78 is 5.24. The van der Waals surface area contributed by atoms with Gasteiger partial charge in [-0.1, -0.05) is 0 Å². The molecule has 0 aromatic heterocycles. The van der Waals surface area contributed by atoms with Gasteiger partial charge in [-0.25, -0.2) is 4.79 Å². The van der Waals surface area contributed by atoms with Crippen LogP contribution in [0.2, 0.25) is 0 Å². The Kier molecular flexibility index (Phi) is 5.08. The van der Waals surface area contributed by atoms with E-state index >= 15 is 0 Å². The smallest absolute Gasteiger partial charge is 0.407 e. The summed E-state index contributed by atoms with van der Waals surface area (Å²) >= 11 is 0. The van der Waals surface area contributed by atoms with E-state index in [4.69, 9.17) is 4.74 Å². The highest BCUT2D eigenvalue weighted by atomic mass is 16.6. The first kappa shape index (κ1) is 16.1. The molecule has 6 nitrogen and oxygen atoms in total. The summed E-state index contributed by atoms with van der Waals surface area (Å²) in [5.74, 6) is 0.786. The van der Waals surface area contributed by atoms with Crippen LogP contribution in [-0.4, -0.2) is 54.7 Å². The fraction of sp³-hybridized carbons (Fsp3) is 0.867. The van der Waals surface area contributed by atoms with Gasteiger partial charge in [-0.05, 0) is 46.0 Å². The van der Waals surface area contributed by atoms with Crippen LogP contribution in [0.4, 0.5) is 4.79 Å². The molecule has 1 heterocycles. The molecule has 2 N–H and O–H groups in total. The molecule has 6 heteroatoms. The van der Waals surface area contributed by atoms with E-state index in [0.29, 0.717) is 19.0 Å². The van der Waals surface area contributed by atoms with Crippen LogP contribution < -0.4 is 10.6 Å². The first-order valence-electron chi connectivity index (χ1n) is 7.80. The van der Waals surface area contributed by atoms with E-state index in [9.17, 15) is 9.59 Å². The highest BCUT2D eigenvalue weighted by Gasteiger charge is 2.27. The Morgan fingerprint density at radius 1 is 1.24 bits per heavy atom. The van der Waals surface area contributed by atoms with Crippen molar-refractivity contribution >= 4 is 12.0 Å². The fourth-order valence-corrected chi connectivity index (χ4v) is 2.41. The molecule has 21 heavy (non-hydrogen) atoms. The molecular weight excluding hydrogens is 270 g/mol. The number of rotatable bonds is 5. The molecular formula is C15H27N3O3. The topological polar surface area (TPSA) is 70.7 Å². The highest BCUT2D eigenvalue weighted by molar-refractivity contribution is 5.78. The van der Waals surface area contributed by atoms with Crippen LogP contribution in [0.3, 0.4) is 0 Å². The van der Waals surface area contributed by atoms with Gasteiger partial charge in [0, 0.05) is 25.7 Å². The zero-order chi connectivity index (χ0) is 15.5. The summed E-state index contributed by atoms with van der Waals surface area (Å²) in [5, 5.41) is 5.83. The van der Waals surface area contributed by atoms with Crippen molar-refractivity contribution in [3.05, 3.63) is 0 Å². The predicted octanol–water partition coefficient (Wildman–Crippen LogP) is 1.11. The monoisotopic (exact) mass is 297 g/mol. The number of hydrogen-bond donors (Lipinski definition) is 2. The first-order chi connectivity index (χ1) is 9.82. The minimum Gasteiger partial charge on any atom is -0.444 e. The maximum Gasteiger partial charge on any atom is 0.407 e. The van der Waals surface area contributed by atoms with Gasteiger partial charge in [0.15, 0.2) is 0 Å². The molecule has 0 aromatic rings. The zero-order valence-corrected chi connectivity index (χ0v) is 13.3. The predicted molar refractivity (Wildman–Crippen MR) is 79.9 cm³/mol. The molecule has 2 fully saturated rings. The number of alkyl carbamates (subject to hydrolysis) is 1. The lowest BCUT2D eigenvalue weighted by Gasteiger charge is -2.22. The number of nitrogens with one attached hydrogen (secondary N) is 2. The molecule has 0 radical (unpaired) electrons. The van der Waals surface area contributed by atoms with Crippen LogP contribution in [0.15, 0.2) is 0 Å². The average molecular weight is 297 g/mol. The second-order valence-electron chi connectivity index (χ2n) is 7.11. The zero-order valence-electron chi connectivity index (χ0n) is 13.3. The summed E-state index contributed by atoms with van der Waals surface area (Å²) in [5.41, 5.74) is -0.481. The quantitative estimate of drug-likeness (QED) is 0.797. The van der Waals surface area contributed by atoms with Crippen molar-refractivity contribution in [3.8, 4) is 0 Å². The summed E-state index contributed by atoms with van der Waals surface area (Å²) in [4.78, 5) is 25.6. The average Bonchev–Trinajstić information content (AvgIpc) is 3.07. The number of nitrogens with zero attached hydrogens (tertiary/aromatic N) is 1. The number of ether oxygens (including phenoxy) is 1. The second-order valence-corrected chi connectivity index (χ2v) is 7.11. The van der Waals surface area contributed by atoms with Crippen molar-refractivity contribution in [2.45, 2.75) is 51.7 Å². The normalized spacial score (nSPS) is 22.9. The van der Waals surface area contributed by atoms with E-state index in [1.807, 2.05) is 20.8 Å². The van der Waals surface area contributed by atoms with Crippen molar-refractivity contribution in [3.63, 3.8) is 0 Å². The van der Waals surface area contributed by atoms with E-state index in [2.05, 4.69) is 15.5 Å². The largest absolute Gasteiger partial charge is 0.444 e. The molecule has 1 saturated heterocycles. The van der Waals surface area contributed by atoms with Gasteiger partial charge in [0.25, 0.3) is 0 Å². The molecule has 1 atom stereocenters. The molecule has 1 aliphatic carbocycles. The lowest BCUT2D eigenvalue weighted by atomic mass is 10.2. The summed E-state index contributed by atoms with van der Waals surface area (Å²) in [6, 6.07) is 0.0658. The number of carbonyl (C=O) groups excluding carboxylic acids is 2. The molecule has 0 spiro atoms. The number of carbonyl (C=O) groups is 2. The van der Waals surface area contributed by atoms with Crippen molar-refractivity contribution in [2.24, 2.45) is 5.92 Å². The Balaban J connectivity index is 1.63. The van der Waals surface area contributed by atoms with Crippen LogP contribution >= 0.6 is 0 Å². The van der Waals surface area contributed by atoms with Gasteiger partial charge in [0.05, 0.1) is 6.54 Å². The van der Waals surface area contributed by atoms with Crippen LogP contribution in [0.1, 0.15) is 40.0 Å². The third-order valence-corrected chi connectivity index (χ3v) is 3.65. The maximum atomic E-state index is 11.8. The van der Waals surface area contributed by atoms with Gasteiger partial charge in [0.1, 0.15) is 5.60 Å². The molecule has 2 amide bonds. The Hall–Kier alpha value is -1.30. The van der Waals surface area contributed by atoms with Crippen LogP contribution in [-0.2, 0) is 9.53 Å². The van der Waals surface area contributed by atoms with Gasteiger partial charge >= 0.3 is 6.09 Å². The van der Waals surface area contributed by atoms with Crippen molar-refractivity contribution in [1.29, 1.82) is 0 Å². The maximum absolute atomic E-state index is 11.8. The number of hydrogen-bond acceptors (Lipinski definition) is 4. The van der Waals surface area contributed by atoms with Gasteiger partial charge in [-0.15, -0.1) is 0 Å². The van der Waals surface area contributed by atoms with Crippen molar-refractivity contribution < 1.29 is 14.3 Å². The summed E-state index contributed by atoms with van der Waals surface area (Å²) in [7, 11) is 0. The lowest BCUT2D eigenvalue weighted by molar-refractivity contribution is -0.122. The third kappa shape index (κ3) is 6.33. The summed E-state index contributed by atoms with van der Waals surface area (Å²) in [6.07, 6.45) is 2.96. The number of amides is 2. The Bertz CT molecular complexity index is 388. The molecule has 1 saturated carbocycles. The summed E-state index contributed by atoms with van der Waals surface area (Å²) in [6.45, 7) is 8.30. The van der Waals surface area contributed by atoms with E-state index in [1.54, 1.807) is 0 Å². The SMILES string of the molecule is CC(C)(C)OC(=O)NC1CCN(CC(=O)NCC2CC2)C1. The van der Waals surface area contributed by atoms with Crippen LogP contribution in [0, 0.1) is 5.92 Å². The van der Waals surface area contributed by atoms with Gasteiger partial charge < -0.3 is 15.4 Å². The first-order valence-corrected chi connectivity index (χ1v) is 7.80. The molecule has 1 aliphatic heterocycles. The van der Waals surface area contributed by atoms with E-state index in [1.165, 1.54) is 12.8 Å². The third-order valence-electron chi connectivity index (χ3n) is 3.65. The number of likely N-dealkylation sites (tertiary alicyclic amines) is 1. The minimum absolute atomic E-state index is 0.0658. The Morgan fingerprint density at radius 2 is 1.95 bits per heavy atom. The standard InChI is InChI=1S/C15H27N3O3/c1-15(2,3)21-14(20)17-12-6-7-18(9-12)10-13(19)16-8-11-4-5-11/h11-12H,4-10H2,1-3H3,(H,16,19)(H,17,20). The van der Waals surface area contributed by atoms with E-state index < -0.39 is 5.60 Å². The molecule has 2 aliphatic rings. The Morgan fingerprint density at radius 3 is 2.57 bits per heavy atom. The second kappa shape index (κ2) is 6.64. The fourth-order valence-electron chi connectivity index (χ4n) is 2.41. The van der Waals surface area contributed by atoms with Crippen molar-refractivity contribution in [2.75, 3.05) is 26.2 Å². The van der Waals surface area contributed by atoms with Crippen LogP contribution in [0.5, 0.6) is 0 Å². The molecule has 0 aromatic carbocycles. The molecule has 2 rings (SSSR count). The van der Waals surface area contributed by atoms with Gasteiger partial charge in [0.2, 0.25) is 5.91 Å². The van der Waals surface area contributed by atoms with E-state index in [0.717, 1.165) is 19.5 Å². The highest BCUT2D eigenvalue weighted by Crippen LogP contribution is 2.27. The lowest BCUT2D eigenvalue weighted by Crippen LogP contribution is -2.42.